The standard InChI is InChI=1S/C20H34O2/c1-9-17(21-10-2)22-16-13-11-15(12-14-16)18(19(3,4)5)20(6,7)8/h11-14,17-18H,9-10H2,1-8H3. The van der Waals surface area contributed by atoms with Gasteiger partial charge in [0.05, 0.1) is 0 Å². The van der Waals surface area contributed by atoms with Gasteiger partial charge in [-0.2, -0.15) is 0 Å². The second-order valence-electron chi connectivity index (χ2n) is 8.15. The van der Waals surface area contributed by atoms with E-state index in [0.29, 0.717) is 12.5 Å². The van der Waals surface area contributed by atoms with E-state index in [1.807, 2.05) is 6.92 Å². The molecule has 1 aromatic rings. The molecule has 1 rings (SSSR count). The topological polar surface area (TPSA) is 18.5 Å². The van der Waals surface area contributed by atoms with Crippen molar-refractivity contribution in [3.05, 3.63) is 29.8 Å². The highest BCUT2D eigenvalue weighted by Gasteiger charge is 2.35. The van der Waals surface area contributed by atoms with E-state index < -0.39 is 0 Å². The van der Waals surface area contributed by atoms with E-state index in [4.69, 9.17) is 9.47 Å². The highest BCUT2D eigenvalue weighted by molar-refractivity contribution is 5.31. The SMILES string of the molecule is CCOC(CC)Oc1ccc(C(C(C)(C)C)C(C)(C)C)cc1. The Morgan fingerprint density at radius 1 is 0.864 bits per heavy atom. The van der Waals surface area contributed by atoms with Crippen LogP contribution in [0.3, 0.4) is 0 Å². The fourth-order valence-corrected chi connectivity index (χ4v) is 3.61. The van der Waals surface area contributed by atoms with E-state index in [-0.39, 0.29) is 17.1 Å². The number of ether oxygens (including phenoxy) is 2. The van der Waals surface area contributed by atoms with Gasteiger partial charge >= 0.3 is 0 Å². The molecule has 2 nitrogen and oxygen atoms in total. The molecule has 1 atom stereocenters. The van der Waals surface area contributed by atoms with Crippen LogP contribution in [0.2, 0.25) is 0 Å². The van der Waals surface area contributed by atoms with Crippen LogP contribution >= 0.6 is 0 Å². The van der Waals surface area contributed by atoms with Crippen molar-refractivity contribution in [3.8, 4) is 5.75 Å². The molecule has 0 spiro atoms. The first-order chi connectivity index (χ1) is 10.1. The zero-order valence-electron chi connectivity index (χ0n) is 15.7. The average molecular weight is 306 g/mol. The molecule has 1 aromatic carbocycles. The van der Waals surface area contributed by atoms with Gasteiger partial charge in [-0.1, -0.05) is 60.6 Å². The Kier molecular flexibility index (Phi) is 6.49. The normalized spacial score (nSPS) is 14.2. The molecule has 2 heteroatoms. The lowest BCUT2D eigenvalue weighted by molar-refractivity contribution is -0.0766. The molecule has 0 heterocycles. The van der Waals surface area contributed by atoms with Gasteiger partial charge in [0.25, 0.3) is 0 Å². The molecule has 0 aliphatic heterocycles. The Morgan fingerprint density at radius 2 is 1.36 bits per heavy atom. The predicted octanol–water partition coefficient (Wildman–Crippen LogP) is 6.01. The second kappa shape index (κ2) is 7.50. The highest BCUT2D eigenvalue weighted by atomic mass is 16.7. The second-order valence-corrected chi connectivity index (χ2v) is 8.15. The number of rotatable bonds is 6. The third-order valence-electron chi connectivity index (χ3n) is 3.90. The maximum Gasteiger partial charge on any atom is 0.199 e. The van der Waals surface area contributed by atoms with Crippen LogP contribution in [0.25, 0.3) is 0 Å². The molecule has 0 bridgehead atoms. The quantitative estimate of drug-likeness (QED) is 0.599. The third kappa shape index (κ3) is 5.31. The van der Waals surface area contributed by atoms with Crippen molar-refractivity contribution in [2.24, 2.45) is 10.8 Å². The maximum absolute atomic E-state index is 5.89. The molecular formula is C20H34O2. The van der Waals surface area contributed by atoms with E-state index in [2.05, 4.69) is 72.7 Å². The van der Waals surface area contributed by atoms with Gasteiger partial charge < -0.3 is 9.47 Å². The summed E-state index contributed by atoms with van der Waals surface area (Å²) >= 11 is 0. The Bertz CT molecular complexity index is 420. The lowest BCUT2D eigenvalue weighted by atomic mass is 9.64. The Labute approximate surface area is 137 Å². The minimum atomic E-state index is -0.156. The van der Waals surface area contributed by atoms with Crippen LogP contribution in [0.1, 0.15) is 73.3 Å². The molecule has 0 amide bonds. The lowest BCUT2D eigenvalue weighted by Crippen LogP contribution is -2.30. The first kappa shape index (κ1) is 19.0. The number of benzene rings is 1. The first-order valence-corrected chi connectivity index (χ1v) is 8.47. The predicted molar refractivity (Wildman–Crippen MR) is 94.4 cm³/mol. The molecular weight excluding hydrogens is 272 g/mol. The van der Waals surface area contributed by atoms with Crippen molar-refractivity contribution >= 4 is 0 Å². The van der Waals surface area contributed by atoms with Crippen molar-refractivity contribution in [3.63, 3.8) is 0 Å². The Hall–Kier alpha value is -1.02. The van der Waals surface area contributed by atoms with Crippen molar-refractivity contribution < 1.29 is 9.47 Å². The summed E-state index contributed by atoms with van der Waals surface area (Å²) in [6.45, 7) is 18.6. The summed E-state index contributed by atoms with van der Waals surface area (Å²) in [6, 6.07) is 8.55. The minimum absolute atomic E-state index is 0.156. The summed E-state index contributed by atoms with van der Waals surface area (Å²) in [4.78, 5) is 0. The number of hydrogen-bond acceptors (Lipinski definition) is 2. The van der Waals surface area contributed by atoms with Gasteiger partial charge in [0.1, 0.15) is 5.75 Å². The van der Waals surface area contributed by atoms with Gasteiger partial charge in [-0.3, -0.25) is 0 Å². The van der Waals surface area contributed by atoms with Crippen molar-refractivity contribution in [1.82, 2.24) is 0 Å². The molecule has 126 valence electrons. The fraction of sp³-hybridized carbons (Fsp3) is 0.700. The van der Waals surface area contributed by atoms with Gasteiger partial charge in [0, 0.05) is 13.0 Å². The maximum atomic E-state index is 5.89. The van der Waals surface area contributed by atoms with Crippen LogP contribution in [0.5, 0.6) is 5.75 Å². The average Bonchev–Trinajstić information content (AvgIpc) is 2.37. The van der Waals surface area contributed by atoms with E-state index in [1.165, 1.54) is 5.56 Å². The summed E-state index contributed by atoms with van der Waals surface area (Å²) in [5.74, 6) is 1.37. The van der Waals surface area contributed by atoms with Crippen molar-refractivity contribution in [2.75, 3.05) is 6.61 Å². The molecule has 0 aliphatic rings. The van der Waals surface area contributed by atoms with Gasteiger partial charge in [0.2, 0.25) is 0 Å². The van der Waals surface area contributed by atoms with Crippen molar-refractivity contribution in [1.29, 1.82) is 0 Å². The zero-order chi connectivity index (χ0) is 17.0. The van der Waals surface area contributed by atoms with Crippen LogP contribution in [0.15, 0.2) is 24.3 Å². The third-order valence-corrected chi connectivity index (χ3v) is 3.90. The minimum Gasteiger partial charge on any atom is -0.465 e. The van der Waals surface area contributed by atoms with Crippen molar-refractivity contribution in [2.45, 2.75) is 74.0 Å². The molecule has 0 radical (unpaired) electrons. The molecule has 0 saturated carbocycles. The largest absolute Gasteiger partial charge is 0.465 e. The molecule has 0 aromatic heterocycles. The molecule has 0 N–H and O–H groups in total. The molecule has 22 heavy (non-hydrogen) atoms. The summed E-state index contributed by atoms with van der Waals surface area (Å²) in [6.07, 6.45) is 0.694. The van der Waals surface area contributed by atoms with Crippen LogP contribution in [-0.2, 0) is 4.74 Å². The summed E-state index contributed by atoms with van der Waals surface area (Å²) < 4.78 is 11.4. The van der Waals surface area contributed by atoms with E-state index in [1.54, 1.807) is 0 Å². The summed E-state index contributed by atoms with van der Waals surface area (Å²) in [7, 11) is 0. The van der Waals surface area contributed by atoms with Gasteiger partial charge in [0.15, 0.2) is 6.29 Å². The fourth-order valence-electron chi connectivity index (χ4n) is 3.61. The molecule has 1 unspecified atom stereocenters. The molecule has 0 fully saturated rings. The molecule has 0 aliphatic carbocycles. The lowest BCUT2D eigenvalue weighted by Gasteiger charge is -2.41. The molecule has 0 saturated heterocycles. The monoisotopic (exact) mass is 306 g/mol. The van der Waals surface area contributed by atoms with Gasteiger partial charge in [-0.15, -0.1) is 0 Å². The highest BCUT2D eigenvalue weighted by Crippen LogP contribution is 2.47. The van der Waals surface area contributed by atoms with Crippen LogP contribution < -0.4 is 4.74 Å². The van der Waals surface area contributed by atoms with Crippen LogP contribution in [0.4, 0.5) is 0 Å². The summed E-state index contributed by atoms with van der Waals surface area (Å²) in [5.41, 5.74) is 1.81. The number of hydrogen-bond donors (Lipinski definition) is 0. The van der Waals surface area contributed by atoms with E-state index >= 15 is 0 Å². The van der Waals surface area contributed by atoms with E-state index in [9.17, 15) is 0 Å². The summed E-state index contributed by atoms with van der Waals surface area (Å²) in [5, 5.41) is 0. The van der Waals surface area contributed by atoms with Gasteiger partial charge in [-0.25, -0.2) is 0 Å². The Balaban J connectivity index is 2.95. The first-order valence-electron chi connectivity index (χ1n) is 8.47. The Morgan fingerprint density at radius 3 is 1.73 bits per heavy atom. The van der Waals surface area contributed by atoms with Crippen LogP contribution in [0, 0.1) is 10.8 Å². The smallest absolute Gasteiger partial charge is 0.199 e. The van der Waals surface area contributed by atoms with Gasteiger partial charge in [-0.05, 0) is 41.4 Å². The zero-order valence-corrected chi connectivity index (χ0v) is 15.7. The van der Waals surface area contributed by atoms with E-state index in [0.717, 1.165) is 12.2 Å². The van der Waals surface area contributed by atoms with Crippen LogP contribution in [-0.4, -0.2) is 12.9 Å².